The average molecular weight is 420 g/mol. The van der Waals surface area contributed by atoms with Gasteiger partial charge in [-0.25, -0.2) is 17.5 Å². The first-order chi connectivity index (χ1) is 13.8. The van der Waals surface area contributed by atoms with Gasteiger partial charge in [0.05, 0.1) is 25.0 Å². The highest BCUT2D eigenvalue weighted by Gasteiger charge is 2.24. The molecule has 0 bridgehead atoms. The minimum absolute atomic E-state index is 0.108. The van der Waals surface area contributed by atoms with Gasteiger partial charge in [0.25, 0.3) is 0 Å². The van der Waals surface area contributed by atoms with E-state index < -0.39 is 22.4 Å². The van der Waals surface area contributed by atoms with Crippen molar-refractivity contribution in [2.45, 2.75) is 24.3 Å². The van der Waals surface area contributed by atoms with Crippen molar-refractivity contribution in [2.75, 3.05) is 20.2 Å². The van der Waals surface area contributed by atoms with Crippen LogP contribution in [0.2, 0.25) is 0 Å². The van der Waals surface area contributed by atoms with Crippen LogP contribution in [0.4, 0.5) is 4.39 Å². The molecule has 2 aromatic rings. The lowest BCUT2D eigenvalue weighted by Crippen LogP contribution is -2.42. The van der Waals surface area contributed by atoms with Crippen molar-refractivity contribution in [2.24, 2.45) is 0 Å². The van der Waals surface area contributed by atoms with E-state index >= 15 is 0 Å². The Kier molecular flexibility index (Phi) is 6.29. The first-order valence-electron chi connectivity index (χ1n) is 8.99. The van der Waals surface area contributed by atoms with Gasteiger partial charge in [0.15, 0.2) is 0 Å². The third kappa shape index (κ3) is 4.99. The minimum Gasteiger partial charge on any atom is -0.469 e. The number of nitrogens with zero attached hydrogens (tertiary/aromatic N) is 1. The molecule has 0 aliphatic carbocycles. The molecule has 2 aromatic carbocycles. The Hall–Kier alpha value is -2.78. The molecule has 154 valence electrons. The van der Waals surface area contributed by atoms with Crippen LogP contribution in [-0.2, 0) is 43.7 Å². The van der Waals surface area contributed by atoms with Crippen LogP contribution in [0.15, 0.2) is 47.4 Å². The maximum atomic E-state index is 13.0. The molecule has 9 heteroatoms. The van der Waals surface area contributed by atoms with Crippen molar-refractivity contribution in [3.63, 3.8) is 0 Å². The molecule has 0 unspecified atom stereocenters. The summed E-state index contributed by atoms with van der Waals surface area (Å²) >= 11 is 0. The van der Waals surface area contributed by atoms with Crippen LogP contribution in [0.3, 0.4) is 0 Å². The fraction of sp³-hybridized carbons (Fsp3) is 0.300. The minimum atomic E-state index is -3.91. The molecule has 1 heterocycles. The third-order valence-corrected chi connectivity index (χ3v) is 6.23. The van der Waals surface area contributed by atoms with Crippen molar-refractivity contribution in [1.29, 1.82) is 0 Å². The van der Waals surface area contributed by atoms with Crippen molar-refractivity contribution >= 4 is 21.9 Å². The van der Waals surface area contributed by atoms with Crippen molar-refractivity contribution in [1.82, 2.24) is 9.62 Å². The predicted molar refractivity (Wildman–Crippen MR) is 103 cm³/mol. The van der Waals surface area contributed by atoms with Crippen LogP contribution in [0, 0.1) is 5.82 Å². The Balaban J connectivity index is 1.64. The van der Waals surface area contributed by atoms with E-state index in [1.54, 1.807) is 4.90 Å². The number of carbonyl (C=O) groups excluding carboxylic acids is 2. The molecule has 0 fully saturated rings. The van der Waals surface area contributed by atoms with E-state index in [4.69, 9.17) is 4.74 Å². The Morgan fingerprint density at radius 1 is 1.17 bits per heavy atom. The molecular weight excluding hydrogens is 399 g/mol. The summed E-state index contributed by atoms with van der Waals surface area (Å²) in [5.41, 5.74) is 2.82. The van der Waals surface area contributed by atoms with Gasteiger partial charge < -0.3 is 9.64 Å². The van der Waals surface area contributed by atoms with E-state index in [1.165, 1.54) is 7.11 Å². The predicted octanol–water partition coefficient (Wildman–Crippen LogP) is 1.40. The van der Waals surface area contributed by atoms with Crippen LogP contribution in [-0.4, -0.2) is 45.4 Å². The first-order valence-corrected chi connectivity index (χ1v) is 10.5. The van der Waals surface area contributed by atoms with Gasteiger partial charge in [-0.15, -0.1) is 0 Å². The fourth-order valence-corrected chi connectivity index (χ4v) is 4.23. The highest BCUT2D eigenvalue weighted by atomic mass is 32.2. The van der Waals surface area contributed by atoms with E-state index in [1.807, 2.05) is 18.2 Å². The zero-order valence-corrected chi connectivity index (χ0v) is 16.7. The lowest BCUT2D eigenvalue weighted by molar-refractivity contribution is -0.139. The number of esters is 1. The summed E-state index contributed by atoms with van der Waals surface area (Å²) in [7, 11) is -2.57. The summed E-state index contributed by atoms with van der Waals surface area (Å²) in [5, 5.41) is 0. The topological polar surface area (TPSA) is 92.8 Å². The highest BCUT2D eigenvalue weighted by Crippen LogP contribution is 2.23. The maximum Gasteiger partial charge on any atom is 0.309 e. The number of halogens is 1. The number of nitrogens with one attached hydrogen (secondary N) is 1. The van der Waals surface area contributed by atoms with Gasteiger partial charge in [-0.1, -0.05) is 18.2 Å². The van der Waals surface area contributed by atoms with E-state index in [0.29, 0.717) is 19.5 Å². The standard InChI is InChI=1S/C20H21FN2O5S/c1-28-20(25)11-14-3-2-4-15-13-23(10-9-18(14)15)19(24)12-22-29(26,27)17-7-5-16(21)6-8-17/h2-8,22H,9-13H2,1H3. The molecule has 1 aliphatic heterocycles. The zero-order valence-electron chi connectivity index (χ0n) is 15.9. The van der Waals surface area contributed by atoms with Crippen LogP contribution in [0.1, 0.15) is 16.7 Å². The highest BCUT2D eigenvalue weighted by molar-refractivity contribution is 7.89. The number of benzene rings is 2. The van der Waals surface area contributed by atoms with Gasteiger partial charge in [-0.2, -0.15) is 0 Å². The number of hydrogen-bond donors (Lipinski definition) is 1. The summed E-state index contributed by atoms with van der Waals surface area (Å²) in [5.74, 6) is -1.23. The number of fused-ring (bicyclic) bond motifs is 1. The fourth-order valence-electron chi connectivity index (χ4n) is 3.26. The summed E-state index contributed by atoms with van der Waals surface area (Å²) in [4.78, 5) is 25.6. The number of amides is 1. The Morgan fingerprint density at radius 2 is 1.90 bits per heavy atom. The van der Waals surface area contributed by atoms with Gasteiger partial charge >= 0.3 is 5.97 Å². The number of carbonyl (C=O) groups is 2. The van der Waals surface area contributed by atoms with Crippen molar-refractivity contribution < 1.29 is 27.1 Å². The number of methoxy groups -OCH3 is 1. The molecule has 1 amide bonds. The summed E-state index contributed by atoms with van der Waals surface area (Å²) in [6.45, 7) is 0.362. The van der Waals surface area contributed by atoms with Crippen LogP contribution in [0.25, 0.3) is 0 Å². The molecular formula is C20H21FN2O5S. The van der Waals surface area contributed by atoms with E-state index in [0.717, 1.165) is 41.0 Å². The van der Waals surface area contributed by atoms with Gasteiger partial charge in [0, 0.05) is 13.1 Å². The molecule has 29 heavy (non-hydrogen) atoms. The van der Waals surface area contributed by atoms with Gasteiger partial charge in [-0.3, -0.25) is 9.59 Å². The van der Waals surface area contributed by atoms with Crippen LogP contribution < -0.4 is 4.72 Å². The molecule has 0 spiro atoms. The third-order valence-electron chi connectivity index (χ3n) is 4.82. The SMILES string of the molecule is COC(=O)Cc1cccc2c1CCN(C(=O)CNS(=O)(=O)c1ccc(F)cc1)C2. The quantitative estimate of drug-likeness (QED) is 0.714. The summed E-state index contributed by atoms with van der Waals surface area (Å²) < 4.78 is 44.5. The summed E-state index contributed by atoms with van der Waals surface area (Å²) in [6, 6.07) is 9.95. The normalized spacial score (nSPS) is 13.7. The maximum absolute atomic E-state index is 13.0. The number of hydrogen-bond acceptors (Lipinski definition) is 5. The average Bonchev–Trinajstić information content (AvgIpc) is 2.72. The van der Waals surface area contributed by atoms with E-state index in [9.17, 15) is 22.4 Å². The molecule has 3 rings (SSSR count). The largest absolute Gasteiger partial charge is 0.469 e. The summed E-state index contributed by atoms with van der Waals surface area (Å²) in [6.07, 6.45) is 0.740. The van der Waals surface area contributed by atoms with Gasteiger partial charge in [0.2, 0.25) is 15.9 Å². The molecule has 1 aliphatic rings. The van der Waals surface area contributed by atoms with Crippen LogP contribution in [0.5, 0.6) is 0 Å². The second-order valence-electron chi connectivity index (χ2n) is 6.65. The number of ether oxygens (including phenoxy) is 1. The lowest BCUT2D eigenvalue weighted by atomic mass is 9.93. The van der Waals surface area contributed by atoms with Crippen LogP contribution >= 0.6 is 0 Å². The monoisotopic (exact) mass is 420 g/mol. The number of rotatable bonds is 6. The second kappa shape index (κ2) is 8.71. The molecule has 0 saturated heterocycles. The Bertz CT molecular complexity index is 1020. The molecule has 0 radical (unpaired) electrons. The van der Waals surface area contributed by atoms with Crippen molar-refractivity contribution in [3.05, 3.63) is 65.0 Å². The second-order valence-corrected chi connectivity index (χ2v) is 8.42. The Labute approximate surface area is 168 Å². The molecule has 1 N–H and O–H groups in total. The molecule has 0 saturated carbocycles. The van der Waals surface area contributed by atoms with Crippen molar-refractivity contribution in [3.8, 4) is 0 Å². The van der Waals surface area contributed by atoms with Gasteiger partial charge in [-0.05, 0) is 47.4 Å². The molecule has 0 atom stereocenters. The van der Waals surface area contributed by atoms with Gasteiger partial charge in [0.1, 0.15) is 5.82 Å². The zero-order chi connectivity index (χ0) is 21.0. The Morgan fingerprint density at radius 3 is 2.59 bits per heavy atom. The molecule has 7 nitrogen and oxygen atoms in total. The smallest absolute Gasteiger partial charge is 0.309 e. The molecule has 0 aromatic heterocycles. The van der Waals surface area contributed by atoms with E-state index in [-0.39, 0.29) is 23.2 Å². The number of sulfonamides is 1. The van der Waals surface area contributed by atoms with E-state index in [2.05, 4.69) is 4.72 Å². The first kappa shape index (κ1) is 20.9. The lowest BCUT2D eigenvalue weighted by Gasteiger charge is -2.30.